The SMILES string of the molecule is CC1(C)c2ccccc2-c2ccc(N(c3ccc(-c4ccccc4)cc3)c3ccc(-c4ccc(N(c5ccc(-c6ccccc6)cc5)c5ccc(-c6ccccc6)cc5)c5c4ccc4ccccc45)cc3)cc21.CC1(C)c2ccccc2-c2ccc(N(c3ccc(-c4ccccc4)cc3)c3ccc(-c4ccc(N(c5ccc(-c6ccccc6)cc5)c5ccc(-c6ccccc6)cc5)cc4)c4c3ccc3ccccc34)cc21. The standard InChI is InChI=1S/2C71H52N2/c1-71(2)67-25-15-14-24-64(67)65-45-43-61(48-68(65)71)72(57-35-26-52(27-36-57)49-16-6-3-7-17-49)58-41-32-56(33-42-58)62-46-47-69(70-63-23-13-12-22-55(63)34-44-66(62)70)73(59-37-28-53(29-38-59)50-18-8-4-9-19-50)60-39-30-54(31-40-60)51-20-10-5-11-21-51;1-71(2)67-25-15-14-24-64(67)65-45-43-61(48-68(65)71)73(60-39-30-54(31-40-60)51-20-10-5-11-21-51)69-47-46-63(70-62-23-13-12-22-55(62)34-44-66(69)70)56-32-41-59(42-33-56)72(57-35-26-52(27-36-57)49-16-6-3-7-17-49)58-37-28-53(29-38-58)50-18-8-4-9-19-50/h2*3-48H,1-2H3. The van der Waals surface area contributed by atoms with E-state index >= 15 is 0 Å². The Morgan fingerprint density at radius 1 is 0.130 bits per heavy atom. The monoisotopic (exact) mass is 1860 g/mol. The third-order valence-corrected chi connectivity index (χ3v) is 30.2. The molecule has 2 aliphatic carbocycles. The van der Waals surface area contributed by atoms with Crippen LogP contribution >= 0.6 is 0 Å². The van der Waals surface area contributed by atoms with Crippen molar-refractivity contribution in [3.8, 4) is 111 Å². The fourth-order valence-electron chi connectivity index (χ4n) is 22.7. The lowest BCUT2D eigenvalue weighted by molar-refractivity contribution is 0.660. The first-order chi connectivity index (χ1) is 71.9. The van der Waals surface area contributed by atoms with Gasteiger partial charge in [-0.05, 0) is 299 Å². The Kier molecular flexibility index (Phi) is 23.0. The van der Waals surface area contributed by atoms with Gasteiger partial charge in [-0.2, -0.15) is 0 Å². The summed E-state index contributed by atoms with van der Waals surface area (Å²) >= 11 is 0. The number of rotatable bonds is 20. The van der Waals surface area contributed by atoms with Gasteiger partial charge in [0.2, 0.25) is 0 Å². The van der Waals surface area contributed by atoms with Gasteiger partial charge in [0.15, 0.2) is 0 Å². The van der Waals surface area contributed by atoms with Crippen LogP contribution in [0.25, 0.3) is 154 Å². The van der Waals surface area contributed by atoms with Crippen LogP contribution in [0.4, 0.5) is 68.2 Å². The van der Waals surface area contributed by atoms with Crippen molar-refractivity contribution in [1.29, 1.82) is 0 Å². The van der Waals surface area contributed by atoms with Gasteiger partial charge < -0.3 is 19.6 Å². The van der Waals surface area contributed by atoms with Crippen LogP contribution in [0.3, 0.4) is 0 Å². The maximum absolute atomic E-state index is 2.47. The first kappa shape index (κ1) is 88.9. The highest BCUT2D eigenvalue weighted by Gasteiger charge is 2.38. The second-order valence-electron chi connectivity index (χ2n) is 39.4. The van der Waals surface area contributed by atoms with E-state index in [0.29, 0.717) is 0 Å². The van der Waals surface area contributed by atoms with Gasteiger partial charge in [0.1, 0.15) is 0 Å². The Labute approximate surface area is 854 Å². The maximum atomic E-state index is 2.47. The summed E-state index contributed by atoms with van der Waals surface area (Å²) in [4.78, 5) is 9.68. The summed E-state index contributed by atoms with van der Waals surface area (Å²) in [6.45, 7) is 9.45. The largest absolute Gasteiger partial charge is 0.311 e. The first-order valence-corrected chi connectivity index (χ1v) is 50.6. The van der Waals surface area contributed by atoms with Gasteiger partial charge in [0, 0.05) is 78.5 Å². The second kappa shape index (κ2) is 37.8. The number of hydrogen-bond donors (Lipinski definition) is 0. The van der Waals surface area contributed by atoms with Crippen molar-refractivity contribution >= 4 is 111 Å². The Morgan fingerprint density at radius 2 is 0.363 bits per heavy atom. The fourth-order valence-corrected chi connectivity index (χ4v) is 22.7. The van der Waals surface area contributed by atoms with Crippen molar-refractivity contribution in [2.45, 2.75) is 38.5 Å². The van der Waals surface area contributed by atoms with Gasteiger partial charge in [-0.15, -0.1) is 0 Å². The van der Waals surface area contributed by atoms with E-state index in [1.54, 1.807) is 0 Å². The molecule has 0 saturated carbocycles. The molecule has 0 unspecified atom stereocenters. The van der Waals surface area contributed by atoms with Crippen LogP contribution in [0, 0.1) is 0 Å². The van der Waals surface area contributed by atoms with Gasteiger partial charge in [-0.3, -0.25) is 0 Å². The molecule has 692 valence electrons. The van der Waals surface area contributed by atoms with E-state index in [0.717, 1.165) is 79.4 Å². The topological polar surface area (TPSA) is 13.0 Å². The average molecular weight is 1870 g/mol. The summed E-state index contributed by atoms with van der Waals surface area (Å²) in [6.07, 6.45) is 0. The Bertz CT molecular complexity index is 8760. The van der Waals surface area contributed by atoms with Crippen molar-refractivity contribution < 1.29 is 0 Å². The molecule has 0 atom stereocenters. The summed E-state index contributed by atoms with van der Waals surface area (Å²) in [5, 5.41) is 9.69. The molecule has 4 nitrogen and oxygen atoms in total. The molecule has 0 heterocycles. The molecule has 2 aliphatic rings. The Morgan fingerprint density at radius 3 is 0.719 bits per heavy atom. The summed E-state index contributed by atoms with van der Waals surface area (Å²) < 4.78 is 0. The molecule has 0 amide bonds. The molecule has 0 bridgehead atoms. The predicted molar refractivity (Wildman–Crippen MR) is 620 cm³/mol. The minimum absolute atomic E-state index is 0.126. The maximum Gasteiger partial charge on any atom is 0.0546 e. The van der Waals surface area contributed by atoms with E-state index in [1.165, 1.54) is 165 Å². The molecule has 146 heavy (non-hydrogen) atoms. The zero-order valence-corrected chi connectivity index (χ0v) is 81.9. The molecule has 0 aromatic heterocycles. The normalized spacial score (nSPS) is 12.4. The molecule has 26 rings (SSSR count). The van der Waals surface area contributed by atoms with Gasteiger partial charge >= 0.3 is 0 Å². The minimum Gasteiger partial charge on any atom is -0.311 e. The lowest BCUT2D eigenvalue weighted by Gasteiger charge is -2.30. The van der Waals surface area contributed by atoms with Crippen LogP contribution in [0.2, 0.25) is 0 Å². The summed E-state index contributed by atoms with van der Waals surface area (Å²) in [5.74, 6) is 0. The zero-order chi connectivity index (χ0) is 97.8. The smallest absolute Gasteiger partial charge is 0.0546 e. The van der Waals surface area contributed by atoms with E-state index in [9.17, 15) is 0 Å². The van der Waals surface area contributed by atoms with E-state index in [-0.39, 0.29) is 10.8 Å². The zero-order valence-electron chi connectivity index (χ0n) is 81.9. The van der Waals surface area contributed by atoms with Crippen molar-refractivity contribution in [3.05, 3.63) is 580 Å². The molecule has 0 saturated heterocycles. The molecule has 0 aliphatic heterocycles. The van der Waals surface area contributed by atoms with Crippen LogP contribution in [0.1, 0.15) is 49.9 Å². The fraction of sp³-hybridized carbons (Fsp3) is 0.0423. The second-order valence-corrected chi connectivity index (χ2v) is 39.4. The molecule has 0 N–H and O–H groups in total. The Balaban J connectivity index is 0.000000152. The van der Waals surface area contributed by atoms with E-state index < -0.39 is 0 Å². The van der Waals surface area contributed by atoms with Crippen LogP contribution in [-0.2, 0) is 10.8 Å². The highest BCUT2D eigenvalue weighted by atomic mass is 15.2. The lowest BCUT2D eigenvalue weighted by Crippen LogP contribution is -2.16. The number of fused-ring (bicyclic) bond motifs is 12. The highest BCUT2D eigenvalue weighted by Crippen LogP contribution is 2.56. The molecule has 4 heteroatoms. The van der Waals surface area contributed by atoms with Crippen LogP contribution in [0.15, 0.2) is 558 Å². The summed E-state index contributed by atoms with van der Waals surface area (Å²) in [6, 6.07) is 204. The van der Waals surface area contributed by atoms with E-state index in [4.69, 9.17) is 0 Å². The third kappa shape index (κ3) is 16.5. The van der Waals surface area contributed by atoms with Crippen molar-refractivity contribution in [1.82, 2.24) is 0 Å². The van der Waals surface area contributed by atoms with Crippen molar-refractivity contribution in [2.24, 2.45) is 0 Å². The number of hydrogen-bond acceptors (Lipinski definition) is 4. The van der Waals surface area contributed by atoms with Gasteiger partial charge in [-0.1, -0.05) is 452 Å². The van der Waals surface area contributed by atoms with Gasteiger partial charge in [0.25, 0.3) is 0 Å². The first-order valence-electron chi connectivity index (χ1n) is 50.6. The van der Waals surface area contributed by atoms with E-state index in [2.05, 4.69) is 605 Å². The molecule has 0 spiro atoms. The molecule has 0 fully saturated rings. The number of nitrogens with zero attached hydrogens (tertiary/aromatic N) is 4. The summed E-state index contributed by atoms with van der Waals surface area (Å²) in [5.41, 5.74) is 42.8. The quantitative estimate of drug-likeness (QED) is 0.0705. The molecular formula is C142H104N4. The summed E-state index contributed by atoms with van der Waals surface area (Å²) in [7, 11) is 0. The van der Waals surface area contributed by atoms with Gasteiger partial charge in [0.05, 0.1) is 11.4 Å². The van der Waals surface area contributed by atoms with Crippen molar-refractivity contribution in [3.63, 3.8) is 0 Å². The van der Waals surface area contributed by atoms with E-state index in [1.807, 2.05) is 0 Å². The predicted octanol–water partition coefficient (Wildman–Crippen LogP) is 39.8. The van der Waals surface area contributed by atoms with Crippen LogP contribution in [0.5, 0.6) is 0 Å². The lowest BCUT2D eigenvalue weighted by atomic mass is 9.82. The van der Waals surface area contributed by atoms with Crippen molar-refractivity contribution in [2.75, 3.05) is 19.6 Å². The minimum atomic E-state index is -0.147. The molecule has 24 aromatic rings. The highest BCUT2D eigenvalue weighted by molar-refractivity contribution is 6.21. The third-order valence-electron chi connectivity index (χ3n) is 30.2. The molecule has 0 radical (unpaired) electrons. The number of benzene rings is 24. The average Bonchev–Trinajstić information content (AvgIpc) is 1.63. The van der Waals surface area contributed by atoms with Gasteiger partial charge in [-0.25, -0.2) is 0 Å². The van der Waals surface area contributed by atoms with Crippen LogP contribution < -0.4 is 19.6 Å². The molecule has 24 aromatic carbocycles. The Hall–Kier alpha value is -18.5. The molecular weight excluding hydrogens is 1760 g/mol. The van der Waals surface area contributed by atoms with Crippen LogP contribution in [-0.4, -0.2) is 0 Å². The number of anilines is 12.